The smallest absolute Gasteiger partial charge is 0.306 e. The maximum absolute atomic E-state index is 12.1. The second-order valence-corrected chi connectivity index (χ2v) is 6.38. The molecule has 28 heavy (non-hydrogen) atoms. The summed E-state index contributed by atoms with van der Waals surface area (Å²) in [7, 11) is 0. The number of nitrogens with one attached hydrogen (secondary N) is 1. The highest BCUT2D eigenvalue weighted by Crippen LogP contribution is 2.20. The lowest BCUT2D eigenvalue weighted by atomic mass is 9.99. The third-order valence-electron chi connectivity index (χ3n) is 4.50. The van der Waals surface area contributed by atoms with Crippen LogP contribution in [0.5, 0.6) is 0 Å². The van der Waals surface area contributed by atoms with Crippen molar-refractivity contribution >= 4 is 5.97 Å². The van der Waals surface area contributed by atoms with Gasteiger partial charge in [-0.15, -0.1) is 0 Å². The molecule has 2 aromatic heterocycles. The Kier molecular flexibility index (Phi) is 5.70. The summed E-state index contributed by atoms with van der Waals surface area (Å²) in [6.07, 6.45) is 0.498. The largest absolute Gasteiger partial charge is 0.459 e. The molecular formula is C21H19N3O4. The lowest BCUT2D eigenvalue weighted by Crippen LogP contribution is -2.17. The fraction of sp³-hybridized carbons (Fsp3) is 0.238. The zero-order chi connectivity index (χ0) is 20.1. The molecule has 0 saturated heterocycles. The van der Waals surface area contributed by atoms with E-state index < -0.39 is 11.5 Å². The molecule has 0 spiro atoms. The van der Waals surface area contributed by atoms with Crippen molar-refractivity contribution in [2.24, 2.45) is 0 Å². The topological polar surface area (TPSA) is 109 Å². The highest BCUT2D eigenvalue weighted by molar-refractivity contribution is 5.70. The van der Waals surface area contributed by atoms with Gasteiger partial charge in [-0.2, -0.15) is 5.26 Å². The van der Waals surface area contributed by atoms with Crippen molar-refractivity contribution in [2.45, 2.75) is 33.3 Å². The van der Waals surface area contributed by atoms with E-state index in [1.165, 1.54) is 0 Å². The van der Waals surface area contributed by atoms with Gasteiger partial charge in [0.1, 0.15) is 23.9 Å². The number of aromatic amines is 1. The quantitative estimate of drug-likeness (QED) is 0.661. The van der Waals surface area contributed by atoms with E-state index in [0.29, 0.717) is 29.1 Å². The third kappa shape index (κ3) is 4.18. The second kappa shape index (κ2) is 8.35. The van der Waals surface area contributed by atoms with Gasteiger partial charge in [-0.3, -0.25) is 9.59 Å². The van der Waals surface area contributed by atoms with Crippen LogP contribution in [0.3, 0.4) is 0 Å². The highest BCUT2D eigenvalue weighted by Gasteiger charge is 2.14. The maximum Gasteiger partial charge on any atom is 0.306 e. The monoisotopic (exact) mass is 377 g/mol. The third-order valence-corrected chi connectivity index (χ3v) is 4.50. The predicted octanol–water partition coefficient (Wildman–Crippen LogP) is 3.19. The Hall–Kier alpha value is -3.66. The molecule has 0 aliphatic carbocycles. The van der Waals surface area contributed by atoms with E-state index in [4.69, 9.17) is 14.5 Å². The summed E-state index contributed by atoms with van der Waals surface area (Å²) >= 11 is 0. The van der Waals surface area contributed by atoms with Gasteiger partial charge in [-0.05, 0) is 31.4 Å². The van der Waals surface area contributed by atoms with Crippen LogP contribution in [-0.2, 0) is 22.6 Å². The first-order valence-electron chi connectivity index (χ1n) is 8.78. The Morgan fingerprint density at radius 3 is 2.75 bits per heavy atom. The molecule has 0 bridgehead atoms. The van der Waals surface area contributed by atoms with Crippen molar-refractivity contribution in [3.05, 3.63) is 74.8 Å². The summed E-state index contributed by atoms with van der Waals surface area (Å²) < 4.78 is 10.5. The minimum Gasteiger partial charge on any atom is -0.459 e. The molecule has 0 radical (unpaired) electrons. The van der Waals surface area contributed by atoms with Crippen LogP contribution in [0.15, 0.2) is 45.7 Å². The number of nitriles is 1. The minimum absolute atomic E-state index is 0.0161. The summed E-state index contributed by atoms with van der Waals surface area (Å²) in [5.41, 5.74) is 3.11. The molecule has 3 aromatic rings. The number of aromatic nitrogens is 2. The number of rotatable bonds is 6. The summed E-state index contributed by atoms with van der Waals surface area (Å²) in [5, 5.41) is 13.0. The van der Waals surface area contributed by atoms with Crippen molar-refractivity contribution in [1.82, 2.24) is 10.1 Å². The molecule has 0 atom stereocenters. The van der Waals surface area contributed by atoms with E-state index in [2.05, 4.69) is 10.1 Å². The molecule has 0 aliphatic rings. The predicted molar refractivity (Wildman–Crippen MR) is 101 cm³/mol. The number of hydrogen-bond donors (Lipinski definition) is 1. The van der Waals surface area contributed by atoms with Crippen LogP contribution < -0.4 is 5.56 Å². The molecule has 1 aromatic carbocycles. The van der Waals surface area contributed by atoms with Crippen molar-refractivity contribution in [2.75, 3.05) is 0 Å². The maximum atomic E-state index is 12.1. The molecule has 2 heterocycles. The van der Waals surface area contributed by atoms with Gasteiger partial charge in [-0.25, -0.2) is 0 Å². The average molecular weight is 377 g/mol. The number of carbonyl (C=O) groups is 1. The van der Waals surface area contributed by atoms with Crippen molar-refractivity contribution in [3.8, 4) is 17.4 Å². The Bertz CT molecular complexity index is 1090. The first-order chi connectivity index (χ1) is 13.5. The van der Waals surface area contributed by atoms with E-state index in [9.17, 15) is 9.59 Å². The lowest BCUT2D eigenvalue weighted by Gasteiger charge is -2.10. The Labute approximate surface area is 161 Å². The van der Waals surface area contributed by atoms with E-state index in [-0.39, 0.29) is 18.6 Å². The number of esters is 1. The molecule has 0 saturated carbocycles. The van der Waals surface area contributed by atoms with Crippen LogP contribution in [0.25, 0.3) is 11.3 Å². The SMILES string of the molecule is Cc1[nH]c(=O)c(C#N)c(C)c1CCC(=O)OCc1cc(-c2ccccc2)on1. The minimum atomic E-state index is -0.413. The van der Waals surface area contributed by atoms with Gasteiger partial charge in [-0.1, -0.05) is 35.5 Å². The normalized spacial score (nSPS) is 10.5. The van der Waals surface area contributed by atoms with Crippen LogP contribution in [0.2, 0.25) is 0 Å². The van der Waals surface area contributed by atoms with Crippen LogP contribution in [0.1, 0.15) is 34.5 Å². The van der Waals surface area contributed by atoms with Crippen LogP contribution in [-0.4, -0.2) is 16.1 Å². The van der Waals surface area contributed by atoms with Gasteiger partial charge in [0.15, 0.2) is 5.76 Å². The fourth-order valence-electron chi connectivity index (χ4n) is 2.99. The molecule has 7 heteroatoms. The molecule has 0 amide bonds. The molecular weight excluding hydrogens is 358 g/mol. The summed E-state index contributed by atoms with van der Waals surface area (Å²) in [6, 6.07) is 13.2. The summed E-state index contributed by atoms with van der Waals surface area (Å²) in [4.78, 5) is 26.5. The summed E-state index contributed by atoms with van der Waals surface area (Å²) in [5.74, 6) is 0.211. The number of benzene rings is 1. The number of carbonyl (C=O) groups excluding carboxylic acids is 1. The number of pyridine rings is 1. The molecule has 7 nitrogen and oxygen atoms in total. The van der Waals surface area contributed by atoms with E-state index in [1.807, 2.05) is 36.4 Å². The van der Waals surface area contributed by atoms with Crippen LogP contribution >= 0.6 is 0 Å². The van der Waals surface area contributed by atoms with Gasteiger partial charge in [0.2, 0.25) is 0 Å². The highest BCUT2D eigenvalue weighted by atomic mass is 16.5. The molecule has 1 N–H and O–H groups in total. The van der Waals surface area contributed by atoms with Gasteiger partial charge >= 0.3 is 5.97 Å². The average Bonchev–Trinajstić information content (AvgIpc) is 3.16. The molecule has 0 fully saturated rings. The second-order valence-electron chi connectivity index (χ2n) is 6.38. The van der Waals surface area contributed by atoms with Crippen molar-refractivity contribution in [1.29, 1.82) is 5.26 Å². The Balaban J connectivity index is 1.58. The number of hydrogen-bond acceptors (Lipinski definition) is 6. The van der Waals surface area contributed by atoms with Gasteiger partial charge in [0, 0.05) is 23.7 Å². The Morgan fingerprint density at radius 1 is 1.29 bits per heavy atom. The molecule has 142 valence electrons. The number of nitrogens with zero attached hydrogens (tertiary/aromatic N) is 2. The summed E-state index contributed by atoms with van der Waals surface area (Å²) in [6.45, 7) is 3.47. The standard InChI is InChI=1S/C21H19N3O4/c1-13-17(14(2)23-21(26)18(13)11-22)8-9-20(25)27-12-16-10-19(28-24-16)15-6-4-3-5-7-15/h3-7,10H,8-9,12H2,1-2H3,(H,23,26). The van der Waals surface area contributed by atoms with Gasteiger partial charge < -0.3 is 14.2 Å². The van der Waals surface area contributed by atoms with Crippen LogP contribution in [0.4, 0.5) is 0 Å². The zero-order valence-corrected chi connectivity index (χ0v) is 15.6. The fourth-order valence-corrected chi connectivity index (χ4v) is 2.99. The number of ether oxygens (including phenoxy) is 1. The van der Waals surface area contributed by atoms with Gasteiger partial charge in [0.05, 0.1) is 0 Å². The molecule has 0 unspecified atom stereocenters. The number of aryl methyl sites for hydroxylation is 1. The van der Waals surface area contributed by atoms with Crippen molar-refractivity contribution < 1.29 is 14.1 Å². The van der Waals surface area contributed by atoms with Crippen molar-refractivity contribution in [3.63, 3.8) is 0 Å². The van der Waals surface area contributed by atoms with Crippen LogP contribution in [0, 0.1) is 25.2 Å². The van der Waals surface area contributed by atoms with E-state index in [1.54, 1.807) is 19.9 Å². The number of H-pyrrole nitrogens is 1. The Morgan fingerprint density at radius 2 is 2.04 bits per heavy atom. The van der Waals surface area contributed by atoms with E-state index >= 15 is 0 Å². The lowest BCUT2D eigenvalue weighted by molar-refractivity contribution is -0.145. The first kappa shape index (κ1) is 19.1. The van der Waals surface area contributed by atoms with Gasteiger partial charge in [0.25, 0.3) is 5.56 Å². The molecule has 0 aliphatic heterocycles. The zero-order valence-electron chi connectivity index (χ0n) is 15.6. The van der Waals surface area contributed by atoms with E-state index in [0.717, 1.165) is 11.1 Å². The molecule has 3 rings (SSSR count). The first-order valence-corrected chi connectivity index (χ1v) is 8.78.